The first kappa shape index (κ1) is 23.0. The van der Waals surface area contributed by atoms with Crippen molar-refractivity contribution in [3.8, 4) is 0 Å². The highest BCUT2D eigenvalue weighted by Crippen LogP contribution is 2.33. The van der Waals surface area contributed by atoms with Crippen LogP contribution >= 0.6 is 11.3 Å². The van der Waals surface area contributed by atoms with Gasteiger partial charge in [-0.1, -0.05) is 0 Å². The van der Waals surface area contributed by atoms with Crippen molar-refractivity contribution in [1.29, 1.82) is 0 Å². The van der Waals surface area contributed by atoms with Gasteiger partial charge in [-0.05, 0) is 54.0 Å². The molecule has 1 aromatic rings. The van der Waals surface area contributed by atoms with Gasteiger partial charge in [-0.3, -0.25) is 9.69 Å². The first-order chi connectivity index (χ1) is 14.3. The molecule has 0 aliphatic carbocycles. The molecular weight excluding hydrogens is 421 g/mol. The number of carboxylic acids is 1. The molecule has 10 heteroatoms. The molecule has 0 aromatic carbocycles. The van der Waals surface area contributed by atoms with E-state index in [0.29, 0.717) is 24.4 Å². The van der Waals surface area contributed by atoms with E-state index in [1.807, 2.05) is 0 Å². The van der Waals surface area contributed by atoms with Crippen LogP contribution in [0.5, 0.6) is 0 Å². The van der Waals surface area contributed by atoms with Gasteiger partial charge in [0.05, 0.1) is 6.42 Å². The van der Waals surface area contributed by atoms with Crippen LogP contribution in [0.25, 0.3) is 0 Å². The maximum atomic E-state index is 12.6. The third-order valence-corrected chi connectivity index (χ3v) is 6.76. The minimum Gasteiger partial charge on any atom is -0.475 e. The lowest BCUT2D eigenvalue weighted by molar-refractivity contribution is -0.192. The van der Waals surface area contributed by atoms with Crippen molar-refractivity contribution in [2.45, 2.75) is 50.4 Å². The molecule has 168 valence electrons. The van der Waals surface area contributed by atoms with E-state index in [-0.39, 0.29) is 0 Å². The van der Waals surface area contributed by atoms with E-state index in [0.717, 1.165) is 45.1 Å². The molecule has 1 N–H and O–H groups in total. The summed E-state index contributed by atoms with van der Waals surface area (Å²) < 4.78 is 37.2. The second-order valence-electron chi connectivity index (χ2n) is 7.96. The number of carboxylic acid groups (broad SMARTS) is 1. The maximum Gasteiger partial charge on any atom is 0.490 e. The summed E-state index contributed by atoms with van der Waals surface area (Å²) in [6, 6.07) is 3.13. The van der Waals surface area contributed by atoms with E-state index in [4.69, 9.17) is 14.6 Å². The standard InChI is InChI=1S/C18H26N2O2S.C2HF3O2/c21-18(11-15-5-10-23-13-15)20-7-2-16-17(20)1-6-19(16)12-14-3-8-22-9-4-14;3-2(4,5)1(6)7/h5,10,13-14,16-17H,1-4,6-9,11-12H2;(H,6,7)/t16-,17+;/m0./s1. The molecule has 3 aliphatic rings. The number of fused-ring (bicyclic) bond motifs is 1. The minimum absolute atomic E-state index is 0.323. The molecule has 0 spiro atoms. The van der Waals surface area contributed by atoms with Gasteiger partial charge in [0.15, 0.2) is 0 Å². The van der Waals surface area contributed by atoms with Crippen molar-refractivity contribution in [2.24, 2.45) is 5.92 Å². The number of ether oxygens (including phenoxy) is 1. The number of carbonyl (C=O) groups excluding carboxylic acids is 1. The Morgan fingerprint density at radius 2 is 1.80 bits per heavy atom. The molecule has 1 amide bonds. The predicted octanol–water partition coefficient (Wildman–Crippen LogP) is 3.03. The molecule has 1 aromatic heterocycles. The Kier molecular flexibility index (Phi) is 7.75. The van der Waals surface area contributed by atoms with Crippen LogP contribution in [-0.4, -0.2) is 77.9 Å². The number of alkyl halides is 3. The summed E-state index contributed by atoms with van der Waals surface area (Å²) in [5.74, 6) is -1.64. The fourth-order valence-corrected chi connectivity index (χ4v) is 5.21. The molecule has 2 atom stereocenters. The van der Waals surface area contributed by atoms with Crippen molar-refractivity contribution in [2.75, 3.05) is 32.8 Å². The fraction of sp³-hybridized carbons (Fsp3) is 0.700. The van der Waals surface area contributed by atoms with Crippen molar-refractivity contribution in [3.63, 3.8) is 0 Å². The number of hydrogen-bond donors (Lipinski definition) is 1. The Morgan fingerprint density at radius 1 is 1.13 bits per heavy atom. The van der Waals surface area contributed by atoms with E-state index in [2.05, 4.69) is 26.6 Å². The number of amides is 1. The lowest BCUT2D eigenvalue weighted by Crippen LogP contribution is -2.41. The van der Waals surface area contributed by atoms with Crippen molar-refractivity contribution < 1.29 is 32.6 Å². The van der Waals surface area contributed by atoms with E-state index >= 15 is 0 Å². The Labute approximate surface area is 177 Å². The summed E-state index contributed by atoms with van der Waals surface area (Å²) in [6.45, 7) is 5.17. The molecule has 0 radical (unpaired) electrons. The van der Waals surface area contributed by atoms with Gasteiger partial charge < -0.3 is 14.7 Å². The van der Waals surface area contributed by atoms with Crippen LogP contribution in [0.3, 0.4) is 0 Å². The SMILES string of the molecule is O=C(Cc1ccsc1)N1CC[C@H]2[C@H]1CCN2CC1CCOCC1.O=C(O)C(F)(F)F. The van der Waals surface area contributed by atoms with Gasteiger partial charge in [-0.25, -0.2) is 4.79 Å². The van der Waals surface area contributed by atoms with E-state index < -0.39 is 12.1 Å². The number of thiophene rings is 1. The number of likely N-dealkylation sites (tertiary alicyclic amines) is 2. The third kappa shape index (κ3) is 5.95. The van der Waals surface area contributed by atoms with Crippen LogP contribution in [-0.2, 0) is 20.7 Å². The Hall–Kier alpha value is -1.65. The monoisotopic (exact) mass is 448 g/mol. The maximum absolute atomic E-state index is 12.6. The summed E-state index contributed by atoms with van der Waals surface area (Å²) in [4.78, 5) is 26.4. The molecule has 4 rings (SSSR count). The summed E-state index contributed by atoms with van der Waals surface area (Å²) >= 11 is 1.67. The van der Waals surface area contributed by atoms with Gasteiger partial charge >= 0.3 is 12.1 Å². The summed E-state index contributed by atoms with van der Waals surface area (Å²) in [5, 5.41) is 11.3. The molecule has 6 nitrogen and oxygen atoms in total. The largest absolute Gasteiger partial charge is 0.490 e. The second-order valence-corrected chi connectivity index (χ2v) is 8.74. The van der Waals surface area contributed by atoms with Gasteiger partial charge in [0.1, 0.15) is 0 Å². The third-order valence-electron chi connectivity index (χ3n) is 6.02. The second kappa shape index (κ2) is 10.1. The van der Waals surface area contributed by atoms with Crippen LogP contribution in [0, 0.1) is 5.92 Å². The highest BCUT2D eigenvalue weighted by molar-refractivity contribution is 7.08. The quantitative estimate of drug-likeness (QED) is 0.767. The molecule has 3 saturated heterocycles. The molecule has 0 unspecified atom stereocenters. The van der Waals surface area contributed by atoms with Crippen molar-refractivity contribution in [1.82, 2.24) is 9.80 Å². The smallest absolute Gasteiger partial charge is 0.475 e. The number of hydrogen-bond acceptors (Lipinski definition) is 5. The van der Waals surface area contributed by atoms with E-state index in [9.17, 15) is 18.0 Å². The molecule has 3 aliphatic heterocycles. The van der Waals surface area contributed by atoms with Crippen LogP contribution in [0.1, 0.15) is 31.2 Å². The number of rotatable bonds is 4. The Bertz CT molecular complexity index is 707. The average Bonchev–Trinajstić information content (AvgIpc) is 3.41. The highest BCUT2D eigenvalue weighted by atomic mass is 32.1. The van der Waals surface area contributed by atoms with Gasteiger partial charge in [0.2, 0.25) is 5.91 Å². The molecule has 0 saturated carbocycles. The topological polar surface area (TPSA) is 70.1 Å². The summed E-state index contributed by atoms with van der Waals surface area (Å²) in [7, 11) is 0. The van der Waals surface area contributed by atoms with Crippen molar-refractivity contribution >= 4 is 23.2 Å². The molecule has 3 fully saturated rings. The fourth-order valence-electron chi connectivity index (χ4n) is 4.54. The van der Waals surface area contributed by atoms with Crippen LogP contribution in [0.4, 0.5) is 13.2 Å². The number of aliphatic carboxylic acids is 1. The highest BCUT2D eigenvalue weighted by Gasteiger charge is 2.44. The van der Waals surface area contributed by atoms with E-state index in [1.165, 1.54) is 24.9 Å². The Morgan fingerprint density at radius 3 is 2.40 bits per heavy atom. The number of halogens is 3. The Balaban J connectivity index is 0.000000318. The molecule has 4 heterocycles. The average molecular weight is 449 g/mol. The normalized spacial score (nSPS) is 25.0. The predicted molar refractivity (Wildman–Crippen MR) is 105 cm³/mol. The zero-order valence-electron chi connectivity index (χ0n) is 16.6. The van der Waals surface area contributed by atoms with E-state index in [1.54, 1.807) is 11.3 Å². The molecular formula is C20H27F3N2O4S. The summed E-state index contributed by atoms with van der Waals surface area (Å²) in [6.07, 6.45) is 0.211. The minimum atomic E-state index is -5.08. The van der Waals surface area contributed by atoms with Gasteiger partial charge in [0, 0.05) is 44.9 Å². The lowest BCUT2D eigenvalue weighted by Gasteiger charge is -2.30. The van der Waals surface area contributed by atoms with Crippen LogP contribution in [0.2, 0.25) is 0 Å². The van der Waals surface area contributed by atoms with Crippen LogP contribution < -0.4 is 0 Å². The van der Waals surface area contributed by atoms with Gasteiger partial charge in [0.25, 0.3) is 0 Å². The van der Waals surface area contributed by atoms with Crippen molar-refractivity contribution in [3.05, 3.63) is 22.4 Å². The molecule has 0 bridgehead atoms. The summed E-state index contributed by atoms with van der Waals surface area (Å²) in [5.41, 5.74) is 1.17. The van der Waals surface area contributed by atoms with Gasteiger partial charge in [-0.15, -0.1) is 0 Å². The number of nitrogens with zero attached hydrogens (tertiary/aromatic N) is 2. The zero-order valence-corrected chi connectivity index (χ0v) is 17.5. The molecule has 30 heavy (non-hydrogen) atoms. The first-order valence-corrected chi connectivity index (χ1v) is 11.1. The lowest BCUT2D eigenvalue weighted by atomic mass is 9.99. The number of carbonyl (C=O) groups is 2. The first-order valence-electron chi connectivity index (χ1n) is 10.2. The van der Waals surface area contributed by atoms with Gasteiger partial charge in [-0.2, -0.15) is 24.5 Å². The zero-order chi connectivity index (χ0) is 21.7. The van der Waals surface area contributed by atoms with Crippen LogP contribution in [0.15, 0.2) is 16.8 Å².